The van der Waals surface area contributed by atoms with E-state index in [2.05, 4.69) is 9.64 Å². The summed E-state index contributed by atoms with van der Waals surface area (Å²) in [4.78, 5) is 2.78. The minimum atomic E-state index is -2.88. The topological polar surface area (TPSA) is 62.2 Å². The minimum Gasteiger partial charge on any atom is -0.435 e. The van der Waals surface area contributed by atoms with Crippen LogP contribution in [0.5, 0.6) is 5.75 Å². The Bertz CT molecular complexity index is 674. The maximum atomic E-state index is 13.0. The van der Waals surface area contributed by atoms with E-state index in [0.29, 0.717) is 31.1 Å². The van der Waals surface area contributed by atoms with Crippen LogP contribution in [0.15, 0.2) is 29.2 Å². The van der Waals surface area contributed by atoms with Crippen LogP contribution in [0, 0.1) is 0 Å². The van der Waals surface area contributed by atoms with Crippen LogP contribution in [0.2, 0.25) is 0 Å². The first-order chi connectivity index (χ1) is 13.2. The van der Waals surface area contributed by atoms with Gasteiger partial charge in [-0.05, 0) is 51.0 Å². The Hall–Kier alpha value is -1.13. The second-order valence-electron chi connectivity index (χ2n) is 8.08. The fraction of sp³-hybridized carbons (Fsp3) is 0.684. The standard InChI is InChI=1S/C19H28F2N2O4S/c1-18(2,24)13-22-9-7-19(8-10-22)14-23(11-12-26-19)28(25)16-5-3-15(4-6-16)27-17(20)21/h3-6,17,24H,7-14H2,1-2H3. The molecule has 1 atom stereocenters. The van der Waals surface area contributed by atoms with Gasteiger partial charge in [0.25, 0.3) is 0 Å². The Morgan fingerprint density at radius 1 is 1.25 bits per heavy atom. The summed E-state index contributed by atoms with van der Waals surface area (Å²) >= 11 is 0. The molecule has 0 saturated carbocycles. The number of benzene rings is 1. The smallest absolute Gasteiger partial charge is 0.387 e. The number of rotatable bonds is 6. The summed E-state index contributed by atoms with van der Waals surface area (Å²) < 4.78 is 49.8. The van der Waals surface area contributed by atoms with Gasteiger partial charge in [-0.15, -0.1) is 0 Å². The number of aliphatic hydroxyl groups is 1. The Morgan fingerprint density at radius 3 is 2.46 bits per heavy atom. The zero-order valence-electron chi connectivity index (χ0n) is 16.3. The molecule has 2 fully saturated rings. The maximum Gasteiger partial charge on any atom is 0.387 e. The molecule has 2 aliphatic rings. The second kappa shape index (κ2) is 8.71. The molecule has 0 radical (unpaired) electrons. The highest BCUT2D eigenvalue weighted by molar-refractivity contribution is 7.82. The number of β-amino-alcohol motifs (C(OH)–C–C–N with tert-alkyl or cyclic N) is 1. The maximum absolute atomic E-state index is 13.0. The van der Waals surface area contributed by atoms with Crippen LogP contribution in [-0.2, 0) is 15.7 Å². The first kappa shape index (κ1) is 21.6. The largest absolute Gasteiger partial charge is 0.435 e. The van der Waals surface area contributed by atoms with Crippen LogP contribution in [-0.4, -0.2) is 75.7 Å². The SMILES string of the molecule is CC(C)(O)CN1CCC2(CC1)CN(S(=O)c1ccc(OC(F)F)cc1)CCO2. The van der Waals surface area contributed by atoms with Gasteiger partial charge in [0, 0.05) is 32.7 Å². The lowest BCUT2D eigenvalue weighted by Gasteiger charge is -2.47. The van der Waals surface area contributed by atoms with Crippen molar-refractivity contribution in [1.82, 2.24) is 9.21 Å². The number of halogens is 2. The monoisotopic (exact) mass is 418 g/mol. The van der Waals surface area contributed by atoms with Gasteiger partial charge in [0.2, 0.25) is 0 Å². The molecule has 1 unspecified atom stereocenters. The summed E-state index contributed by atoms with van der Waals surface area (Å²) in [6.07, 6.45) is 1.63. The minimum absolute atomic E-state index is 0.0494. The first-order valence-electron chi connectivity index (χ1n) is 9.46. The molecule has 3 rings (SSSR count). The zero-order chi connectivity index (χ0) is 20.4. The van der Waals surface area contributed by atoms with Crippen molar-refractivity contribution in [2.45, 2.75) is 49.4 Å². The van der Waals surface area contributed by atoms with Gasteiger partial charge in [-0.25, -0.2) is 8.51 Å². The molecule has 0 aliphatic carbocycles. The summed E-state index contributed by atoms with van der Waals surface area (Å²) in [5.41, 5.74) is -1.06. The molecule has 1 spiro atoms. The molecule has 158 valence electrons. The lowest BCUT2D eigenvalue weighted by Crippen LogP contribution is -2.58. The van der Waals surface area contributed by atoms with Gasteiger partial charge >= 0.3 is 6.61 Å². The normalized spacial score (nSPS) is 22.5. The van der Waals surface area contributed by atoms with Gasteiger partial charge in [-0.3, -0.25) is 0 Å². The average Bonchev–Trinajstić information content (AvgIpc) is 2.63. The van der Waals surface area contributed by atoms with E-state index >= 15 is 0 Å². The molecule has 28 heavy (non-hydrogen) atoms. The van der Waals surface area contributed by atoms with E-state index in [1.807, 2.05) is 4.31 Å². The van der Waals surface area contributed by atoms with Crippen molar-refractivity contribution in [1.29, 1.82) is 0 Å². The molecular weight excluding hydrogens is 390 g/mol. The number of morpholine rings is 1. The van der Waals surface area contributed by atoms with Crippen LogP contribution >= 0.6 is 0 Å². The molecule has 1 aromatic rings. The van der Waals surface area contributed by atoms with E-state index in [1.54, 1.807) is 26.0 Å². The number of piperidine rings is 1. The molecule has 0 aromatic heterocycles. The highest BCUT2D eigenvalue weighted by Crippen LogP contribution is 2.32. The number of hydrogen-bond acceptors (Lipinski definition) is 5. The Kier molecular flexibility index (Phi) is 6.71. The Balaban J connectivity index is 1.59. The van der Waals surface area contributed by atoms with E-state index in [9.17, 15) is 18.1 Å². The third kappa shape index (κ3) is 5.70. The second-order valence-corrected chi connectivity index (χ2v) is 9.57. The van der Waals surface area contributed by atoms with E-state index in [0.717, 1.165) is 25.9 Å². The zero-order valence-corrected chi connectivity index (χ0v) is 17.1. The predicted molar refractivity (Wildman–Crippen MR) is 102 cm³/mol. The summed E-state index contributed by atoms with van der Waals surface area (Å²) in [5.74, 6) is 0.0494. The summed E-state index contributed by atoms with van der Waals surface area (Å²) in [5, 5.41) is 10.0. The van der Waals surface area contributed by atoms with Crippen LogP contribution in [0.4, 0.5) is 8.78 Å². The van der Waals surface area contributed by atoms with Crippen molar-refractivity contribution < 1.29 is 27.6 Å². The molecule has 2 saturated heterocycles. The lowest BCUT2D eigenvalue weighted by molar-refractivity contribution is -0.123. The van der Waals surface area contributed by atoms with Crippen molar-refractivity contribution >= 4 is 11.0 Å². The fourth-order valence-corrected chi connectivity index (χ4v) is 5.07. The Labute approximate surface area is 167 Å². The highest BCUT2D eigenvalue weighted by atomic mass is 32.2. The van der Waals surface area contributed by atoms with E-state index in [1.165, 1.54) is 12.1 Å². The van der Waals surface area contributed by atoms with Gasteiger partial charge in [0.1, 0.15) is 16.7 Å². The summed E-state index contributed by atoms with van der Waals surface area (Å²) in [6.45, 7) is 4.61. The molecule has 2 aliphatic heterocycles. The third-order valence-corrected chi connectivity index (χ3v) is 6.53. The average molecular weight is 419 g/mol. The summed E-state index contributed by atoms with van der Waals surface area (Å²) in [6, 6.07) is 5.93. The molecule has 0 bridgehead atoms. The van der Waals surface area contributed by atoms with Crippen LogP contribution in [0.3, 0.4) is 0 Å². The fourth-order valence-electron chi connectivity index (χ4n) is 3.81. The van der Waals surface area contributed by atoms with Crippen molar-refractivity contribution in [2.75, 3.05) is 39.3 Å². The van der Waals surface area contributed by atoms with Gasteiger partial charge in [-0.2, -0.15) is 8.78 Å². The molecule has 0 amide bonds. The third-order valence-electron chi connectivity index (χ3n) is 5.08. The Morgan fingerprint density at radius 2 is 1.89 bits per heavy atom. The number of likely N-dealkylation sites (tertiary alicyclic amines) is 1. The van der Waals surface area contributed by atoms with Gasteiger partial charge in [0.05, 0.1) is 22.7 Å². The lowest BCUT2D eigenvalue weighted by atomic mass is 9.89. The van der Waals surface area contributed by atoms with Gasteiger partial charge < -0.3 is 19.5 Å². The van der Waals surface area contributed by atoms with E-state index < -0.39 is 23.2 Å². The van der Waals surface area contributed by atoms with Crippen molar-refractivity contribution in [2.24, 2.45) is 0 Å². The van der Waals surface area contributed by atoms with E-state index in [4.69, 9.17) is 4.74 Å². The van der Waals surface area contributed by atoms with Crippen LogP contribution < -0.4 is 4.74 Å². The van der Waals surface area contributed by atoms with E-state index in [-0.39, 0.29) is 11.4 Å². The number of ether oxygens (including phenoxy) is 2. The number of nitrogens with zero attached hydrogens (tertiary/aromatic N) is 2. The van der Waals surface area contributed by atoms with Crippen molar-refractivity contribution in [3.63, 3.8) is 0 Å². The van der Waals surface area contributed by atoms with Gasteiger partial charge in [0.15, 0.2) is 0 Å². The molecule has 6 nitrogen and oxygen atoms in total. The molecule has 1 N–H and O–H groups in total. The highest BCUT2D eigenvalue weighted by Gasteiger charge is 2.41. The van der Waals surface area contributed by atoms with Crippen LogP contribution in [0.1, 0.15) is 26.7 Å². The molecule has 1 aromatic carbocycles. The summed E-state index contributed by atoms with van der Waals surface area (Å²) in [7, 11) is -1.39. The first-order valence-corrected chi connectivity index (χ1v) is 10.6. The van der Waals surface area contributed by atoms with Crippen LogP contribution in [0.25, 0.3) is 0 Å². The predicted octanol–water partition coefficient (Wildman–Crippen LogP) is 2.25. The number of alkyl halides is 2. The van der Waals surface area contributed by atoms with Crippen molar-refractivity contribution in [3.8, 4) is 5.75 Å². The molecule has 2 heterocycles. The number of hydrogen-bond donors (Lipinski definition) is 1. The molecule has 9 heteroatoms. The molecular formula is C19H28F2N2O4S. The van der Waals surface area contributed by atoms with Crippen molar-refractivity contribution in [3.05, 3.63) is 24.3 Å². The quantitative estimate of drug-likeness (QED) is 0.768. The van der Waals surface area contributed by atoms with Gasteiger partial charge in [-0.1, -0.05) is 0 Å².